The van der Waals surface area contributed by atoms with E-state index in [1.54, 1.807) is 0 Å². The van der Waals surface area contributed by atoms with Crippen LogP contribution in [0.5, 0.6) is 0 Å². The number of likely N-dealkylation sites (N-methyl/N-ethyl adjacent to an activating group) is 1. The minimum absolute atomic E-state index is 0.122. The van der Waals surface area contributed by atoms with Crippen LogP contribution >= 0.6 is 0 Å². The second kappa shape index (κ2) is 5.55. The summed E-state index contributed by atoms with van der Waals surface area (Å²) < 4.78 is 38.2. The molecule has 0 bridgehead atoms. The van der Waals surface area contributed by atoms with Gasteiger partial charge in [0, 0.05) is 31.9 Å². The van der Waals surface area contributed by atoms with Crippen LogP contribution in [0.15, 0.2) is 12.3 Å². The van der Waals surface area contributed by atoms with Gasteiger partial charge in [0.2, 0.25) is 5.95 Å². The molecule has 1 aromatic rings. The van der Waals surface area contributed by atoms with Crippen molar-refractivity contribution in [2.45, 2.75) is 26.1 Å². The van der Waals surface area contributed by atoms with Gasteiger partial charge < -0.3 is 9.80 Å². The molecule has 1 saturated heterocycles. The van der Waals surface area contributed by atoms with Gasteiger partial charge in [0.15, 0.2) is 0 Å². The van der Waals surface area contributed by atoms with E-state index in [1.807, 2.05) is 11.9 Å². The van der Waals surface area contributed by atoms with Crippen LogP contribution in [0.4, 0.5) is 19.1 Å². The van der Waals surface area contributed by atoms with Crippen molar-refractivity contribution < 1.29 is 13.2 Å². The molecule has 1 aromatic heterocycles. The summed E-state index contributed by atoms with van der Waals surface area (Å²) in [6, 6.07) is 1.03. The van der Waals surface area contributed by atoms with Crippen LogP contribution in [-0.2, 0) is 6.18 Å². The normalized spacial score (nSPS) is 21.6. The Labute approximate surface area is 116 Å². The van der Waals surface area contributed by atoms with Gasteiger partial charge in [-0.25, -0.2) is 9.97 Å². The number of nitrogens with zero attached hydrogens (tertiary/aromatic N) is 4. The van der Waals surface area contributed by atoms with Crippen molar-refractivity contribution in [1.82, 2.24) is 14.9 Å². The molecule has 0 radical (unpaired) electrons. The molecule has 1 aliphatic heterocycles. The number of rotatable bonds is 2. The van der Waals surface area contributed by atoms with E-state index in [9.17, 15) is 13.2 Å². The second-order valence-corrected chi connectivity index (χ2v) is 5.51. The molecule has 0 aliphatic carbocycles. The summed E-state index contributed by atoms with van der Waals surface area (Å²) in [4.78, 5) is 11.8. The molecule has 1 unspecified atom stereocenters. The van der Waals surface area contributed by atoms with E-state index in [4.69, 9.17) is 0 Å². The third kappa shape index (κ3) is 3.20. The van der Waals surface area contributed by atoms with Gasteiger partial charge >= 0.3 is 6.18 Å². The molecule has 0 aromatic carbocycles. The van der Waals surface area contributed by atoms with Crippen LogP contribution in [0, 0.1) is 5.92 Å². The predicted molar refractivity (Wildman–Crippen MR) is 70.5 cm³/mol. The van der Waals surface area contributed by atoms with E-state index in [0.29, 0.717) is 12.5 Å². The van der Waals surface area contributed by atoms with Crippen molar-refractivity contribution in [2.75, 3.05) is 31.6 Å². The third-order valence-electron chi connectivity index (χ3n) is 3.58. The third-order valence-corrected chi connectivity index (χ3v) is 3.58. The SMILES string of the molecule is CC(C)C1CN(C)CCN1c1nccc(C(F)(F)F)n1. The molecule has 112 valence electrons. The number of anilines is 1. The van der Waals surface area contributed by atoms with Crippen LogP contribution in [-0.4, -0.2) is 47.6 Å². The zero-order valence-corrected chi connectivity index (χ0v) is 11.9. The lowest BCUT2D eigenvalue weighted by molar-refractivity contribution is -0.141. The molecule has 0 N–H and O–H groups in total. The highest BCUT2D eigenvalue weighted by Crippen LogP contribution is 2.29. The first-order valence-electron chi connectivity index (χ1n) is 6.64. The fourth-order valence-electron chi connectivity index (χ4n) is 2.42. The summed E-state index contributed by atoms with van der Waals surface area (Å²) >= 11 is 0. The Morgan fingerprint density at radius 1 is 1.30 bits per heavy atom. The highest BCUT2D eigenvalue weighted by atomic mass is 19.4. The molecule has 0 saturated carbocycles. The summed E-state index contributed by atoms with van der Waals surface area (Å²) in [5, 5.41) is 0. The van der Waals surface area contributed by atoms with Crippen LogP contribution in [0.1, 0.15) is 19.5 Å². The first kappa shape index (κ1) is 15.0. The summed E-state index contributed by atoms with van der Waals surface area (Å²) in [6.07, 6.45) is -3.25. The van der Waals surface area contributed by atoms with Crippen LogP contribution in [0.25, 0.3) is 0 Å². The van der Waals surface area contributed by atoms with E-state index >= 15 is 0 Å². The van der Waals surface area contributed by atoms with Gasteiger partial charge in [-0.2, -0.15) is 13.2 Å². The van der Waals surface area contributed by atoms with E-state index in [2.05, 4.69) is 28.7 Å². The molecular weight excluding hydrogens is 269 g/mol. The number of aromatic nitrogens is 2. The molecule has 1 aliphatic rings. The van der Waals surface area contributed by atoms with Crippen molar-refractivity contribution >= 4 is 5.95 Å². The van der Waals surface area contributed by atoms with Gasteiger partial charge in [0.25, 0.3) is 0 Å². The van der Waals surface area contributed by atoms with Gasteiger partial charge in [-0.15, -0.1) is 0 Å². The van der Waals surface area contributed by atoms with E-state index in [1.165, 1.54) is 6.20 Å². The van der Waals surface area contributed by atoms with Crippen molar-refractivity contribution in [3.8, 4) is 0 Å². The van der Waals surface area contributed by atoms with Crippen molar-refractivity contribution in [2.24, 2.45) is 5.92 Å². The highest BCUT2D eigenvalue weighted by molar-refractivity contribution is 5.34. The Morgan fingerprint density at radius 2 is 2.00 bits per heavy atom. The van der Waals surface area contributed by atoms with Gasteiger partial charge in [0.05, 0.1) is 0 Å². The number of alkyl halides is 3. The summed E-state index contributed by atoms with van der Waals surface area (Å²) in [6.45, 7) is 6.36. The first-order chi connectivity index (χ1) is 9.29. The highest BCUT2D eigenvalue weighted by Gasteiger charge is 2.35. The summed E-state index contributed by atoms with van der Waals surface area (Å²) in [7, 11) is 2.01. The van der Waals surface area contributed by atoms with Gasteiger partial charge in [0.1, 0.15) is 5.69 Å². The quantitative estimate of drug-likeness (QED) is 0.835. The molecule has 0 amide bonds. The fraction of sp³-hybridized carbons (Fsp3) is 0.692. The Bertz CT molecular complexity index is 461. The fourth-order valence-corrected chi connectivity index (χ4v) is 2.42. The van der Waals surface area contributed by atoms with E-state index in [0.717, 1.165) is 19.2 Å². The van der Waals surface area contributed by atoms with Gasteiger partial charge in [-0.05, 0) is 19.0 Å². The topological polar surface area (TPSA) is 32.3 Å². The Hall–Kier alpha value is -1.37. The largest absolute Gasteiger partial charge is 0.433 e. The van der Waals surface area contributed by atoms with Crippen LogP contribution < -0.4 is 4.90 Å². The number of piperazine rings is 1. The molecule has 0 spiro atoms. The monoisotopic (exact) mass is 288 g/mol. The van der Waals surface area contributed by atoms with Gasteiger partial charge in [-0.3, -0.25) is 0 Å². The summed E-state index contributed by atoms with van der Waals surface area (Å²) in [5.41, 5.74) is -0.885. The van der Waals surface area contributed by atoms with Crippen LogP contribution in [0.3, 0.4) is 0 Å². The maximum absolute atomic E-state index is 12.7. The number of halogens is 3. The smallest absolute Gasteiger partial charge is 0.335 e. The predicted octanol–water partition coefficient (Wildman–Crippen LogP) is 2.27. The van der Waals surface area contributed by atoms with Crippen molar-refractivity contribution in [3.63, 3.8) is 0 Å². The molecule has 20 heavy (non-hydrogen) atoms. The Morgan fingerprint density at radius 3 is 2.60 bits per heavy atom. The maximum Gasteiger partial charge on any atom is 0.433 e. The maximum atomic E-state index is 12.7. The Balaban J connectivity index is 2.29. The minimum atomic E-state index is -4.43. The zero-order valence-electron chi connectivity index (χ0n) is 11.9. The molecule has 2 heterocycles. The van der Waals surface area contributed by atoms with Crippen LogP contribution in [0.2, 0.25) is 0 Å². The number of hydrogen-bond acceptors (Lipinski definition) is 4. The van der Waals surface area contributed by atoms with Crippen molar-refractivity contribution in [1.29, 1.82) is 0 Å². The average Bonchev–Trinajstić information content (AvgIpc) is 2.37. The lowest BCUT2D eigenvalue weighted by Gasteiger charge is -2.42. The summed E-state index contributed by atoms with van der Waals surface area (Å²) in [5.74, 6) is 0.488. The second-order valence-electron chi connectivity index (χ2n) is 5.51. The lowest BCUT2D eigenvalue weighted by atomic mass is 10.0. The molecule has 1 atom stereocenters. The average molecular weight is 288 g/mol. The Kier molecular flexibility index (Phi) is 4.17. The van der Waals surface area contributed by atoms with E-state index in [-0.39, 0.29) is 12.0 Å². The molecule has 7 heteroatoms. The minimum Gasteiger partial charge on any atom is -0.335 e. The number of hydrogen-bond donors (Lipinski definition) is 0. The van der Waals surface area contributed by atoms with Gasteiger partial charge in [-0.1, -0.05) is 13.8 Å². The zero-order chi connectivity index (χ0) is 14.9. The first-order valence-corrected chi connectivity index (χ1v) is 6.64. The molecule has 2 rings (SSSR count). The molecule has 1 fully saturated rings. The van der Waals surface area contributed by atoms with E-state index < -0.39 is 11.9 Å². The molecule has 4 nitrogen and oxygen atoms in total. The standard InChI is InChI=1S/C13H19F3N4/c1-9(2)10-8-19(3)6-7-20(10)12-17-5-4-11(18-12)13(14,15)16/h4-5,9-10H,6-8H2,1-3H3. The lowest BCUT2D eigenvalue weighted by Crippen LogP contribution is -2.54. The molecular formula is C13H19F3N4. The van der Waals surface area contributed by atoms with Crippen molar-refractivity contribution in [3.05, 3.63) is 18.0 Å².